The minimum atomic E-state index is -3.44. The molecule has 0 amide bonds. The second kappa shape index (κ2) is 8.03. The Morgan fingerprint density at radius 1 is 1.14 bits per heavy atom. The summed E-state index contributed by atoms with van der Waals surface area (Å²) in [5, 5.41) is 8.94. The molecule has 1 saturated heterocycles. The summed E-state index contributed by atoms with van der Waals surface area (Å²) in [4.78, 5) is 13.6. The molecule has 3 rings (SSSR count). The SMILES string of the molecule is CC(C)S(=O)(=O)N[C@H]1CN(C)C[C@@H]1c1cc(C(=O)O)ccc1-c1ccccc1. The van der Waals surface area contributed by atoms with E-state index in [-0.39, 0.29) is 17.5 Å². The summed E-state index contributed by atoms with van der Waals surface area (Å²) in [5.74, 6) is -1.14. The summed E-state index contributed by atoms with van der Waals surface area (Å²) in [5.41, 5.74) is 2.97. The van der Waals surface area contributed by atoms with Gasteiger partial charge < -0.3 is 10.0 Å². The van der Waals surface area contributed by atoms with Crippen LogP contribution in [0.5, 0.6) is 0 Å². The van der Waals surface area contributed by atoms with Gasteiger partial charge in [-0.05, 0) is 49.7 Å². The molecular weight excluding hydrogens is 376 g/mol. The van der Waals surface area contributed by atoms with E-state index in [1.54, 1.807) is 26.0 Å². The molecule has 0 unspecified atom stereocenters. The number of aromatic carboxylic acids is 1. The van der Waals surface area contributed by atoms with Crippen molar-refractivity contribution in [2.75, 3.05) is 20.1 Å². The van der Waals surface area contributed by atoms with Crippen LogP contribution in [0, 0.1) is 0 Å². The molecule has 7 heteroatoms. The molecule has 1 aliphatic rings. The standard InChI is InChI=1S/C21H26N2O4S/c1-14(2)28(26,27)22-20-13-23(3)12-19(20)18-11-16(21(24)25)9-10-17(18)15-7-5-4-6-8-15/h4-11,14,19-20,22H,12-13H2,1-3H3,(H,24,25)/t19-,20+/m1/s1. The molecule has 2 N–H and O–H groups in total. The maximum absolute atomic E-state index is 12.5. The van der Waals surface area contributed by atoms with E-state index in [0.29, 0.717) is 13.1 Å². The lowest BCUT2D eigenvalue weighted by Gasteiger charge is -2.24. The quantitative estimate of drug-likeness (QED) is 0.776. The zero-order chi connectivity index (χ0) is 20.5. The van der Waals surface area contributed by atoms with Gasteiger partial charge in [-0.25, -0.2) is 17.9 Å². The molecule has 0 radical (unpaired) electrons. The van der Waals surface area contributed by atoms with Crippen LogP contribution in [0.2, 0.25) is 0 Å². The van der Waals surface area contributed by atoms with Crippen molar-refractivity contribution in [2.45, 2.75) is 31.1 Å². The van der Waals surface area contributed by atoms with Crippen molar-refractivity contribution in [1.82, 2.24) is 9.62 Å². The molecule has 0 aliphatic carbocycles. The number of sulfonamides is 1. The molecule has 1 aliphatic heterocycles. The van der Waals surface area contributed by atoms with Gasteiger partial charge in [0.1, 0.15) is 0 Å². The van der Waals surface area contributed by atoms with E-state index in [1.165, 1.54) is 0 Å². The monoisotopic (exact) mass is 402 g/mol. The van der Waals surface area contributed by atoms with Crippen LogP contribution in [-0.4, -0.2) is 55.8 Å². The van der Waals surface area contributed by atoms with E-state index in [0.717, 1.165) is 16.7 Å². The highest BCUT2D eigenvalue weighted by molar-refractivity contribution is 7.90. The predicted octanol–water partition coefficient (Wildman–Crippen LogP) is 2.78. The minimum Gasteiger partial charge on any atom is -0.478 e. The molecule has 28 heavy (non-hydrogen) atoms. The maximum atomic E-state index is 12.5. The number of carboxylic acids is 1. The molecule has 0 saturated carbocycles. The third-order valence-electron chi connectivity index (χ3n) is 5.22. The highest BCUT2D eigenvalue weighted by atomic mass is 32.2. The molecule has 6 nitrogen and oxygen atoms in total. The third kappa shape index (κ3) is 4.27. The molecule has 0 aromatic heterocycles. The van der Waals surface area contributed by atoms with Crippen LogP contribution in [0.1, 0.15) is 35.7 Å². The Kier molecular flexibility index (Phi) is 5.88. The Hall–Kier alpha value is -2.22. The van der Waals surface area contributed by atoms with Crippen LogP contribution in [0.3, 0.4) is 0 Å². The second-order valence-electron chi connectivity index (χ2n) is 7.62. The molecule has 0 bridgehead atoms. The van der Waals surface area contributed by atoms with E-state index >= 15 is 0 Å². The molecule has 0 spiro atoms. The van der Waals surface area contributed by atoms with Crippen molar-refractivity contribution in [3.63, 3.8) is 0 Å². The lowest BCUT2D eigenvalue weighted by Crippen LogP contribution is -2.42. The van der Waals surface area contributed by atoms with Crippen molar-refractivity contribution in [3.8, 4) is 11.1 Å². The van der Waals surface area contributed by atoms with Gasteiger partial charge in [0, 0.05) is 25.0 Å². The smallest absolute Gasteiger partial charge is 0.335 e. The Labute approximate surface area is 166 Å². The molecule has 150 valence electrons. The predicted molar refractivity (Wildman–Crippen MR) is 110 cm³/mol. The highest BCUT2D eigenvalue weighted by Crippen LogP contribution is 2.36. The summed E-state index contributed by atoms with van der Waals surface area (Å²) < 4.78 is 27.8. The topological polar surface area (TPSA) is 86.7 Å². The molecule has 1 heterocycles. The largest absolute Gasteiger partial charge is 0.478 e. The Morgan fingerprint density at radius 3 is 2.43 bits per heavy atom. The fourth-order valence-corrected chi connectivity index (χ4v) is 4.60. The van der Waals surface area contributed by atoms with E-state index < -0.39 is 21.2 Å². The molecule has 1 fully saturated rings. The lowest BCUT2D eigenvalue weighted by molar-refractivity contribution is 0.0696. The highest BCUT2D eigenvalue weighted by Gasteiger charge is 2.37. The van der Waals surface area contributed by atoms with Crippen molar-refractivity contribution in [3.05, 3.63) is 59.7 Å². The van der Waals surface area contributed by atoms with Crippen LogP contribution in [0.4, 0.5) is 0 Å². The van der Waals surface area contributed by atoms with Gasteiger partial charge in [0.25, 0.3) is 0 Å². The first-order valence-electron chi connectivity index (χ1n) is 9.31. The number of hydrogen-bond donors (Lipinski definition) is 2. The fourth-order valence-electron chi connectivity index (χ4n) is 3.67. The molecule has 2 aromatic rings. The summed E-state index contributed by atoms with van der Waals surface area (Å²) >= 11 is 0. The first-order chi connectivity index (χ1) is 13.2. The van der Waals surface area contributed by atoms with Gasteiger partial charge in [-0.2, -0.15) is 0 Å². The van der Waals surface area contributed by atoms with Crippen LogP contribution in [-0.2, 0) is 10.0 Å². The van der Waals surface area contributed by atoms with Crippen LogP contribution in [0.25, 0.3) is 11.1 Å². The van der Waals surface area contributed by atoms with Crippen molar-refractivity contribution in [1.29, 1.82) is 0 Å². The van der Waals surface area contributed by atoms with Gasteiger partial charge >= 0.3 is 5.97 Å². The number of likely N-dealkylation sites (N-methyl/N-ethyl adjacent to an activating group) is 1. The number of rotatable bonds is 6. The Morgan fingerprint density at radius 2 is 1.82 bits per heavy atom. The van der Waals surface area contributed by atoms with Gasteiger partial charge in [0.05, 0.1) is 10.8 Å². The summed E-state index contributed by atoms with van der Waals surface area (Å²) in [6, 6.07) is 14.5. The zero-order valence-electron chi connectivity index (χ0n) is 16.3. The van der Waals surface area contributed by atoms with Crippen molar-refractivity contribution in [2.24, 2.45) is 0 Å². The van der Waals surface area contributed by atoms with Crippen LogP contribution >= 0.6 is 0 Å². The number of benzene rings is 2. The second-order valence-corrected chi connectivity index (χ2v) is 9.89. The third-order valence-corrected chi connectivity index (χ3v) is 7.09. The van der Waals surface area contributed by atoms with Crippen molar-refractivity contribution < 1.29 is 18.3 Å². The van der Waals surface area contributed by atoms with E-state index in [4.69, 9.17) is 0 Å². The summed E-state index contributed by atoms with van der Waals surface area (Å²) in [7, 11) is -1.50. The molecule has 2 atom stereocenters. The fraction of sp³-hybridized carbons (Fsp3) is 0.381. The van der Waals surface area contributed by atoms with Gasteiger partial charge in [-0.15, -0.1) is 0 Å². The molecular formula is C21H26N2O4S. The number of carboxylic acid groups (broad SMARTS) is 1. The zero-order valence-corrected chi connectivity index (χ0v) is 17.1. The number of likely N-dealkylation sites (tertiary alicyclic amines) is 1. The Balaban J connectivity index is 2.08. The molecule has 2 aromatic carbocycles. The van der Waals surface area contributed by atoms with Gasteiger partial charge in [0.2, 0.25) is 10.0 Å². The van der Waals surface area contributed by atoms with E-state index in [9.17, 15) is 18.3 Å². The van der Waals surface area contributed by atoms with Crippen molar-refractivity contribution >= 4 is 16.0 Å². The number of nitrogens with zero attached hydrogens (tertiary/aromatic N) is 1. The number of hydrogen-bond acceptors (Lipinski definition) is 4. The van der Waals surface area contributed by atoms with Gasteiger partial charge in [-0.3, -0.25) is 0 Å². The van der Waals surface area contributed by atoms with E-state index in [1.807, 2.05) is 43.4 Å². The normalized spacial score (nSPS) is 20.6. The first kappa shape index (κ1) is 20.5. The van der Waals surface area contributed by atoms with Crippen LogP contribution in [0.15, 0.2) is 48.5 Å². The maximum Gasteiger partial charge on any atom is 0.335 e. The summed E-state index contributed by atoms with van der Waals surface area (Å²) in [6.07, 6.45) is 0. The average Bonchev–Trinajstić information content (AvgIpc) is 3.01. The van der Waals surface area contributed by atoms with Crippen LogP contribution < -0.4 is 4.72 Å². The Bertz CT molecular complexity index is 958. The first-order valence-corrected chi connectivity index (χ1v) is 10.9. The van der Waals surface area contributed by atoms with Gasteiger partial charge in [-0.1, -0.05) is 36.4 Å². The van der Waals surface area contributed by atoms with Gasteiger partial charge in [0.15, 0.2) is 0 Å². The number of carbonyl (C=O) groups is 1. The minimum absolute atomic E-state index is 0.145. The summed E-state index contributed by atoms with van der Waals surface area (Å²) in [6.45, 7) is 4.52. The average molecular weight is 403 g/mol. The van der Waals surface area contributed by atoms with E-state index in [2.05, 4.69) is 9.62 Å². The lowest BCUT2D eigenvalue weighted by atomic mass is 9.86. The number of nitrogens with one attached hydrogen (secondary N) is 1.